The second-order valence-electron chi connectivity index (χ2n) is 9.12. The molecular weight excluding hydrogens is 470 g/mol. The second kappa shape index (κ2) is 10.3. The van der Waals surface area contributed by atoms with E-state index in [9.17, 15) is 14.4 Å². The standard InChI is InChI=1S/C28H31N5O4/c1-6-30-27(35)23-12-21-22(14-33(5)28(36)25(21)32-23)18-7-15(2)8-20(11-18)37-26-16(3)9-19(10-17(26)4)31-24(34)13-29/h7-12,14,32H,6,13,29H2,1-5H3,(H,30,35)(H,31,34). The van der Waals surface area contributed by atoms with E-state index in [4.69, 9.17) is 10.5 Å². The van der Waals surface area contributed by atoms with Gasteiger partial charge in [0.05, 0.1) is 6.54 Å². The average molecular weight is 502 g/mol. The van der Waals surface area contributed by atoms with Crippen LogP contribution in [0.5, 0.6) is 11.5 Å². The molecular formula is C28H31N5O4. The largest absolute Gasteiger partial charge is 0.457 e. The van der Waals surface area contributed by atoms with Gasteiger partial charge >= 0.3 is 0 Å². The van der Waals surface area contributed by atoms with E-state index in [0.29, 0.717) is 40.3 Å². The molecule has 0 saturated carbocycles. The summed E-state index contributed by atoms with van der Waals surface area (Å²) < 4.78 is 7.83. The van der Waals surface area contributed by atoms with Gasteiger partial charge in [0.25, 0.3) is 11.5 Å². The molecule has 0 radical (unpaired) electrons. The fourth-order valence-electron chi connectivity index (χ4n) is 4.42. The molecule has 9 nitrogen and oxygen atoms in total. The molecule has 2 heterocycles. The quantitative estimate of drug-likeness (QED) is 0.305. The van der Waals surface area contributed by atoms with E-state index in [1.54, 1.807) is 19.3 Å². The number of carbonyl (C=O) groups is 2. The topological polar surface area (TPSA) is 131 Å². The molecule has 2 amide bonds. The minimum atomic E-state index is -0.267. The summed E-state index contributed by atoms with van der Waals surface area (Å²) in [5.41, 5.74) is 10.9. The molecule has 37 heavy (non-hydrogen) atoms. The van der Waals surface area contributed by atoms with E-state index in [-0.39, 0.29) is 23.9 Å². The van der Waals surface area contributed by atoms with Crippen LogP contribution in [0.25, 0.3) is 22.0 Å². The molecule has 0 saturated heterocycles. The van der Waals surface area contributed by atoms with Crippen LogP contribution in [0, 0.1) is 20.8 Å². The highest BCUT2D eigenvalue weighted by atomic mass is 16.5. The van der Waals surface area contributed by atoms with E-state index in [1.165, 1.54) is 4.57 Å². The summed E-state index contributed by atoms with van der Waals surface area (Å²) in [6, 6.07) is 11.2. The Labute approximate surface area is 214 Å². The van der Waals surface area contributed by atoms with Crippen molar-refractivity contribution in [1.29, 1.82) is 0 Å². The Morgan fingerprint density at radius 3 is 2.41 bits per heavy atom. The maximum absolute atomic E-state index is 12.8. The Hall–Kier alpha value is -4.37. The van der Waals surface area contributed by atoms with Gasteiger partial charge in [-0.2, -0.15) is 0 Å². The number of aryl methyl sites for hydroxylation is 4. The van der Waals surface area contributed by atoms with Crippen molar-refractivity contribution >= 4 is 28.4 Å². The normalized spacial score (nSPS) is 11.0. The van der Waals surface area contributed by atoms with Crippen LogP contribution in [0.3, 0.4) is 0 Å². The number of nitrogens with one attached hydrogen (secondary N) is 3. The summed E-state index contributed by atoms with van der Waals surface area (Å²) in [5.74, 6) is 0.783. The molecule has 0 aliphatic carbocycles. The van der Waals surface area contributed by atoms with E-state index in [0.717, 1.165) is 27.8 Å². The molecule has 0 atom stereocenters. The van der Waals surface area contributed by atoms with Gasteiger partial charge < -0.3 is 30.7 Å². The van der Waals surface area contributed by atoms with Crippen molar-refractivity contribution in [3.05, 3.63) is 75.3 Å². The molecule has 4 aromatic rings. The number of hydrogen-bond donors (Lipinski definition) is 4. The lowest BCUT2D eigenvalue weighted by atomic mass is 10.0. The molecule has 0 aliphatic rings. The number of amides is 2. The van der Waals surface area contributed by atoms with Crippen molar-refractivity contribution in [1.82, 2.24) is 14.9 Å². The lowest BCUT2D eigenvalue weighted by molar-refractivity contribution is -0.114. The van der Waals surface area contributed by atoms with Crippen LogP contribution in [0.15, 0.2) is 47.4 Å². The van der Waals surface area contributed by atoms with Crippen LogP contribution in [0.1, 0.15) is 34.1 Å². The van der Waals surface area contributed by atoms with Crippen LogP contribution in [-0.2, 0) is 11.8 Å². The number of ether oxygens (including phenoxy) is 1. The first kappa shape index (κ1) is 25.7. The number of nitrogens with zero attached hydrogens (tertiary/aromatic N) is 1. The first-order valence-electron chi connectivity index (χ1n) is 12.0. The number of benzene rings is 2. The summed E-state index contributed by atoms with van der Waals surface area (Å²) >= 11 is 0. The maximum Gasteiger partial charge on any atom is 0.274 e. The van der Waals surface area contributed by atoms with E-state index < -0.39 is 0 Å². The van der Waals surface area contributed by atoms with Gasteiger partial charge in [0.1, 0.15) is 22.7 Å². The minimum absolute atomic E-state index is 0.0906. The number of carbonyl (C=O) groups excluding carboxylic acids is 2. The van der Waals surface area contributed by atoms with E-state index >= 15 is 0 Å². The summed E-state index contributed by atoms with van der Waals surface area (Å²) in [6.07, 6.45) is 1.77. The van der Waals surface area contributed by atoms with E-state index in [2.05, 4.69) is 15.6 Å². The molecule has 0 spiro atoms. The van der Waals surface area contributed by atoms with Crippen molar-refractivity contribution in [3.63, 3.8) is 0 Å². The third-order valence-corrected chi connectivity index (χ3v) is 6.06. The highest BCUT2D eigenvalue weighted by Gasteiger charge is 2.17. The van der Waals surface area contributed by atoms with Gasteiger partial charge in [-0.05, 0) is 80.3 Å². The number of anilines is 1. The van der Waals surface area contributed by atoms with Crippen molar-refractivity contribution in [3.8, 4) is 22.6 Å². The van der Waals surface area contributed by atoms with Crippen molar-refractivity contribution in [2.45, 2.75) is 27.7 Å². The van der Waals surface area contributed by atoms with Crippen LogP contribution < -0.4 is 26.7 Å². The Morgan fingerprint density at radius 1 is 1.05 bits per heavy atom. The van der Waals surface area contributed by atoms with Gasteiger partial charge in [0, 0.05) is 36.4 Å². The molecule has 0 fully saturated rings. The highest BCUT2D eigenvalue weighted by molar-refractivity contribution is 6.02. The van der Waals surface area contributed by atoms with Gasteiger partial charge in [0.15, 0.2) is 0 Å². The Kier molecular flexibility index (Phi) is 7.17. The minimum Gasteiger partial charge on any atom is -0.457 e. The molecule has 0 unspecified atom stereocenters. The molecule has 2 aromatic heterocycles. The molecule has 4 rings (SSSR count). The van der Waals surface area contributed by atoms with Crippen LogP contribution >= 0.6 is 0 Å². The number of pyridine rings is 1. The number of aromatic amines is 1. The van der Waals surface area contributed by atoms with Crippen LogP contribution in [-0.4, -0.2) is 34.5 Å². The van der Waals surface area contributed by atoms with Crippen molar-refractivity contribution in [2.24, 2.45) is 12.8 Å². The van der Waals surface area contributed by atoms with Gasteiger partial charge in [-0.15, -0.1) is 0 Å². The zero-order valence-corrected chi connectivity index (χ0v) is 21.6. The number of nitrogens with two attached hydrogens (primary N) is 1. The smallest absolute Gasteiger partial charge is 0.274 e. The molecule has 192 valence electrons. The number of fused-ring (bicyclic) bond motifs is 1. The average Bonchev–Trinajstić information content (AvgIpc) is 3.29. The van der Waals surface area contributed by atoms with Gasteiger partial charge in [-0.3, -0.25) is 14.4 Å². The van der Waals surface area contributed by atoms with Crippen molar-refractivity contribution in [2.75, 3.05) is 18.4 Å². The predicted octanol–water partition coefficient (Wildman–Crippen LogP) is 3.90. The summed E-state index contributed by atoms with van der Waals surface area (Å²) in [6.45, 7) is 8.03. The molecule has 9 heteroatoms. The predicted molar refractivity (Wildman–Crippen MR) is 145 cm³/mol. The van der Waals surface area contributed by atoms with Gasteiger partial charge in [-0.1, -0.05) is 6.07 Å². The zero-order valence-electron chi connectivity index (χ0n) is 21.6. The molecule has 0 bridgehead atoms. The SMILES string of the molecule is CCNC(=O)c1cc2c(-c3cc(C)cc(Oc4c(C)cc(NC(=O)CN)cc4C)c3)cn(C)c(=O)c2[nH]1. The Morgan fingerprint density at radius 2 is 1.76 bits per heavy atom. The first-order valence-corrected chi connectivity index (χ1v) is 12.0. The molecule has 2 aromatic carbocycles. The van der Waals surface area contributed by atoms with Crippen LogP contribution in [0.4, 0.5) is 5.69 Å². The third-order valence-electron chi connectivity index (χ3n) is 6.06. The Balaban J connectivity index is 1.77. The summed E-state index contributed by atoms with van der Waals surface area (Å²) in [7, 11) is 1.68. The third kappa shape index (κ3) is 5.26. The lowest BCUT2D eigenvalue weighted by Gasteiger charge is -2.16. The monoisotopic (exact) mass is 501 g/mol. The van der Waals surface area contributed by atoms with Gasteiger partial charge in [-0.25, -0.2) is 0 Å². The number of H-pyrrole nitrogens is 1. The Bertz CT molecular complexity index is 1560. The molecule has 0 aliphatic heterocycles. The van der Waals surface area contributed by atoms with E-state index in [1.807, 2.05) is 58.0 Å². The summed E-state index contributed by atoms with van der Waals surface area (Å²) in [5, 5.41) is 6.19. The van der Waals surface area contributed by atoms with Gasteiger partial charge in [0.2, 0.25) is 5.91 Å². The fraction of sp³-hybridized carbons (Fsp3) is 0.250. The zero-order chi connectivity index (χ0) is 26.9. The van der Waals surface area contributed by atoms with Crippen molar-refractivity contribution < 1.29 is 14.3 Å². The second-order valence-corrected chi connectivity index (χ2v) is 9.12. The summed E-state index contributed by atoms with van der Waals surface area (Å²) in [4.78, 5) is 39.9. The highest BCUT2D eigenvalue weighted by Crippen LogP contribution is 2.35. The number of aromatic nitrogens is 2. The van der Waals surface area contributed by atoms with Crippen LogP contribution in [0.2, 0.25) is 0 Å². The fourth-order valence-corrected chi connectivity index (χ4v) is 4.42. The lowest BCUT2D eigenvalue weighted by Crippen LogP contribution is -2.23. The molecule has 5 N–H and O–H groups in total. The maximum atomic E-state index is 12.8. The number of rotatable bonds is 7. The first-order chi connectivity index (χ1) is 17.6. The number of hydrogen-bond acceptors (Lipinski definition) is 5.